The Morgan fingerprint density at radius 1 is 1.62 bits per heavy atom. The van der Waals surface area contributed by atoms with Crippen LogP contribution < -0.4 is 0 Å². The molecule has 1 aromatic rings. The van der Waals surface area contributed by atoms with Gasteiger partial charge in [-0.25, -0.2) is 0 Å². The highest BCUT2D eigenvalue weighted by molar-refractivity contribution is 5.83. The molecule has 0 saturated carbocycles. The predicted molar refractivity (Wildman–Crippen MR) is 58.4 cm³/mol. The Bertz CT molecular complexity index is 437. The van der Waals surface area contributed by atoms with Crippen molar-refractivity contribution in [2.75, 3.05) is 0 Å². The van der Waals surface area contributed by atoms with Crippen LogP contribution in [-0.2, 0) is 11.3 Å². The maximum absolute atomic E-state index is 11.3. The van der Waals surface area contributed by atoms with Crippen LogP contribution in [0.1, 0.15) is 38.1 Å². The van der Waals surface area contributed by atoms with E-state index in [1.54, 1.807) is 13.8 Å². The molecule has 0 aliphatic carbocycles. The molecule has 88 valence electrons. The lowest BCUT2D eigenvalue weighted by Gasteiger charge is -2.08. The fraction of sp³-hybridized carbons (Fsp3) is 0.600. The summed E-state index contributed by atoms with van der Waals surface area (Å²) in [5.41, 5.74) is 0.719. The molecule has 1 unspecified atom stereocenters. The molecule has 1 rings (SSSR count). The van der Waals surface area contributed by atoms with Gasteiger partial charge in [-0.15, -0.1) is 0 Å². The summed E-state index contributed by atoms with van der Waals surface area (Å²) in [6.45, 7) is 7.03. The molecule has 0 aliphatic rings. The normalized spacial score (nSPS) is 12.5. The maximum atomic E-state index is 11.3. The predicted octanol–water partition coefficient (Wildman–Crippen LogP) is 1.81. The molecule has 16 heavy (non-hydrogen) atoms. The number of nitrogens with zero attached hydrogens (tertiary/aromatic N) is 3. The zero-order chi connectivity index (χ0) is 12.5. The second-order valence-corrected chi connectivity index (χ2v) is 3.72. The summed E-state index contributed by atoms with van der Waals surface area (Å²) in [5, 5.41) is 15.0. The minimum atomic E-state index is -0.499. The van der Waals surface area contributed by atoms with Crippen molar-refractivity contribution in [3.8, 4) is 0 Å². The second-order valence-electron chi connectivity index (χ2n) is 3.72. The van der Waals surface area contributed by atoms with Crippen LogP contribution in [-0.4, -0.2) is 20.5 Å². The first-order valence-electron chi connectivity index (χ1n) is 5.12. The number of nitro groups is 1. The van der Waals surface area contributed by atoms with Crippen molar-refractivity contribution >= 4 is 11.5 Å². The summed E-state index contributed by atoms with van der Waals surface area (Å²) >= 11 is 0. The highest BCUT2D eigenvalue weighted by Crippen LogP contribution is 2.30. The molecule has 1 heterocycles. The van der Waals surface area contributed by atoms with Gasteiger partial charge in [0.1, 0.15) is 17.2 Å². The molecule has 1 atom stereocenters. The van der Waals surface area contributed by atoms with Crippen LogP contribution in [0, 0.1) is 17.0 Å². The third-order valence-electron chi connectivity index (χ3n) is 2.64. The van der Waals surface area contributed by atoms with Crippen LogP contribution in [0.5, 0.6) is 0 Å². The Morgan fingerprint density at radius 2 is 2.19 bits per heavy atom. The molecule has 0 saturated heterocycles. The van der Waals surface area contributed by atoms with E-state index < -0.39 is 10.8 Å². The first kappa shape index (κ1) is 12.4. The lowest BCUT2D eigenvalue weighted by atomic mass is 10.0. The van der Waals surface area contributed by atoms with Crippen molar-refractivity contribution < 1.29 is 9.72 Å². The number of rotatable bonds is 4. The number of aromatic nitrogens is 2. The molecule has 6 heteroatoms. The van der Waals surface area contributed by atoms with Gasteiger partial charge in [0.2, 0.25) is 0 Å². The van der Waals surface area contributed by atoms with E-state index >= 15 is 0 Å². The van der Waals surface area contributed by atoms with Crippen LogP contribution in [0.25, 0.3) is 0 Å². The first-order chi connectivity index (χ1) is 7.40. The molecule has 0 aliphatic heterocycles. The Morgan fingerprint density at radius 3 is 2.56 bits per heavy atom. The highest BCUT2D eigenvalue weighted by Gasteiger charge is 2.30. The van der Waals surface area contributed by atoms with Gasteiger partial charge in [-0.2, -0.15) is 5.10 Å². The van der Waals surface area contributed by atoms with Gasteiger partial charge in [0, 0.05) is 6.54 Å². The van der Waals surface area contributed by atoms with Gasteiger partial charge in [-0.1, -0.05) is 0 Å². The number of Topliss-reactive ketones (excluding diaryl/α,β-unsaturated/α-hetero) is 1. The van der Waals surface area contributed by atoms with Gasteiger partial charge in [-0.3, -0.25) is 19.6 Å². The summed E-state index contributed by atoms with van der Waals surface area (Å²) in [6.07, 6.45) is 0. The summed E-state index contributed by atoms with van der Waals surface area (Å²) in [5.74, 6) is -0.598. The van der Waals surface area contributed by atoms with E-state index in [2.05, 4.69) is 5.10 Å². The van der Waals surface area contributed by atoms with E-state index in [0.717, 1.165) is 0 Å². The Kier molecular flexibility index (Phi) is 3.41. The highest BCUT2D eigenvalue weighted by atomic mass is 16.6. The lowest BCUT2D eigenvalue weighted by molar-refractivity contribution is -0.386. The first-order valence-corrected chi connectivity index (χ1v) is 5.12. The zero-order valence-electron chi connectivity index (χ0n) is 9.85. The standard InChI is InChI=1S/C10H15N3O3/c1-5-12-9(6(2)8(4)14)10(13(15)16)7(3)11-12/h6H,5H2,1-4H3. The van der Waals surface area contributed by atoms with Crippen LogP contribution >= 0.6 is 0 Å². The van der Waals surface area contributed by atoms with Crippen molar-refractivity contribution in [1.82, 2.24) is 9.78 Å². The summed E-state index contributed by atoms with van der Waals surface area (Å²) in [4.78, 5) is 21.8. The second kappa shape index (κ2) is 4.42. The van der Waals surface area contributed by atoms with Gasteiger partial charge in [-0.05, 0) is 27.7 Å². The molecule has 0 bridgehead atoms. The molecule has 1 aromatic heterocycles. The number of hydrogen-bond acceptors (Lipinski definition) is 4. The average molecular weight is 225 g/mol. The van der Waals surface area contributed by atoms with Crippen LogP contribution in [0.2, 0.25) is 0 Å². The van der Waals surface area contributed by atoms with E-state index in [9.17, 15) is 14.9 Å². The van der Waals surface area contributed by atoms with E-state index in [-0.39, 0.29) is 11.5 Å². The number of ketones is 1. The minimum Gasteiger partial charge on any atom is -0.299 e. The largest absolute Gasteiger partial charge is 0.313 e. The van der Waals surface area contributed by atoms with E-state index in [1.807, 2.05) is 6.92 Å². The Labute approximate surface area is 93.4 Å². The lowest BCUT2D eigenvalue weighted by Crippen LogP contribution is -2.13. The van der Waals surface area contributed by atoms with E-state index in [0.29, 0.717) is 17.9 Å². The molecule has 0 spiro atoms. The van der Waals surface area contributed by atoms with E-state index in [1.165, 1.54) is 11.6 Å². The van der Waals surface area contributed by atoms with Gasteiger partial charge >= 0.3 is 5.69 Å². The van der Waals surface area contributed by atoms with Crippen molar-refractivity contribution in [3.05, 3.63) is 21.5 Å². The molecular weight excluding hydrogens is 210 g/mol. The SMILES string of the molecule is CCn1nc(C)c([N+](=O)[O-])c1C(C)C(C)=O. The number of carbonyl (C=O) groups excluding carboxylic acids is 1. The fourth-order valence-corrected chi connectivity index (χ4v) is 1.68. The van der Waals surface area contributed by atoms with Gasteiger partial charge < -0.3 is 0 Å². The zero-order valence-corrected chi connectivity index (χ0v) is 9.85. The van der Waals surface area contributed by atoms with Gasteiger partial charge in [0.25, 0.3) is 0 Å². The number of hydrogen-bond donors (Lipinski definition) is 0. The topological polar surface area (TPSA) is 78.0 Å². The van der Waals surface area contributed by atoms with Crippen molar-refractivity contribution in [2.24, 2.45) is 0 Å². The van der Waals surface area contributed by atoms with E-state index in [4.69, 9.17) is 0 Å². The van der Waals surface area contributed by atoms with Gasteiger partial charge in [0.05, 0.1) is 10.8 Å². The molecule has 0 radical (unpaired) electrons. The van der Waals surface area contributed by atoms with Gasteiger partial charge in [0.15, 0.2) is 0 Å². The van der Waals surface area contributed by atoms with Crippen molar-refractivity contribution in [2.45, 2.75) is 40.2 Å². The molecule has 6 nitrogen and oxygen atoms in total. The number of aryl methyl sites for hydroxylation is 2. The Hall–Kier alpha value is -1.72. The maximum Gasteiger partial charge on any atom is 0.313 e. The molecule has 0 N–H and O–H groups in total. The summed E-state index contributed by atoms with van der Waals surface area (Å²) in [7, 11) is 0. The summed E-state index contributed by atoms with van der Waals surface area (Å²) in [6, 6.07) is 0. The quantitative estimate of drug-likeness (QED) is 0.578. The third kappa shape index (κ3) is 1.95. The van der Waals surface area contributed by atoms with Crippen LogP contribution in [0.15, 0.2) is 0 Å². The summed E-state index contributed by atoms with van der Waals surface area (Å²) < 4.78 is 1.53. The molecule has 0 aromatic carbocycles. The number of carbonyl (C=O) groups is 1. The monoisotopic (exact) mass is 225 g/mol. The van der Waals surface area contributed by atoms with Crippen LogP contribution in [0.4, 0.5) is 5.69 Å². The molecular formula is C10H15N3O3. The van der Waals surface area contributed by atoms with Crippen molar-refractivity contribution in [1.29, 1.82) is 0 Å². The average Bonchev–Trinajstić information content (AvgIpc) is 2.53. The molecule has 0 fully saturated rings. The van der Waals surface area contributed by atoms with Crippen LogP contribution in [0.3, 0.4) is 0 Å². The Balaban J connectivity index is 3.43. The fourth-order valence-electron chi connectivity index (χ4n) is 1.68. The minimum absolute atomic E-state index is 0.0375. The molecule has 0 amide bonds. The smallest absolute Gasteiger partial charge is 0.299 e. The third-order valence-corrected chi connectivity index (χ3v) is 2.64. The van der Waals surface area contributed by atoms with Crippen molar-refractivity contribution in [3.63, 3.8) is 0 Å².